The number of hydrogen-bond donors (Lipinski definition) is 1. The maximum Gasteiger partial charge on any atom is 0.264 e. The molecular formula is C26H27FN2O4S. The van der Waals surface area contributed by atoms with Gasteiger partial charge < -0.3 is 10.1 Å². The summed E-state index contributed by atoms with van der Waals surface area (Å²) in [6, 6.07) is 18.8. The van der Waals surface area contributed by atoms with E-state index in [-0.39, 0.29) is 16.6 Å². The molecule has 1 aliphatic carbocycles. The monoisotopic (exact) mass is 482 g/mol. The van der Waals surface area contributed by atoms with Crippen LogP contribution in [0.2, 0.25) is 0 Å². The molecule has 1 N–H and O–H groups in total. The van der Waals surface area contributed by atoms with Gasteiger partial charge in [0.2, 0.25) is 5.91 Å². The number of hydrogen-bond acceptors (Lipinski definition) is 4. The zero-order valence-corrected chi connectivity index (χ0v) is 19.7. The van der Waals surface area contributed by atoms with Gasteiger partial charge in [-0.25, -0.2) is 12.8 Å². The second-order valence-corrected chi connectivity index (χ2v) is 9.97. The number of nitrogens with one attached hydrogen (secondary N) is 1. The van der Waals surface area contributed by atoms with E-state index in [1.165, 1.54) is 42.0 Å². The van der Waals surface area contributed by atoms with Crippen LogP contribution in [0.5, 0.6) is 5.75 Å². The van der Waals surface area contributed by atoms with Gasteiger partial charge in [-0.05, 0) is 85.8 Å². The van der Waals surface area contributed by atoms with Gasteiger partial charge in [-0.3, -0.25) is 9.10 Å². The van der Waals surface area contributed by atoms with Crippen LogP contribution in [0, 0.1) is 5.82 Å². The number of halogens is 1. The van der Waals surface area contributed by atoms with Crippen molar-refractivity contribution in [1.82, 2.24) is 5.32 Å². The molecule has 1 amide bonds. The van der Waals surface area contributed by atoms with E-state index in [4.69, 9.17) is 4.74 Å². The molecule has 0 aliphatic heterocycles. The van der Waals surface area contributed by atoms with Crippen molar-refractivity contribution in [1.29, 1.82) is 0 Å². The van der Waals surface area contributed by atoms with Crippen LogP contribution in [0.1, 0.15) is 36.9 Å². The summed E-state index contributed by atoms with van der Waals surface area (Å²) < 4.78 is 47.0. The molecule has 0 saturated carbocycles. The van der Waals surface area contributed by atoms with E-state index in [9.17, 15) is 17.6 Å². The van der Waals surface area contributed by atoms with Crippen LogP contribution >= 0.6 is 0 Å². The third-order valence-electron chi connectivity index (χ3n) is 5.83. The summed E-state index contributed by atoms with van der Waals surface area (Å²) in [4.78, 5) is 13.1. The van der Waals surface area contributed by atoms with Crippen molar-refractivity contribution >= 4 is 21.6 Å². The summed E-state index contributed by atoms with van der Waals surface area (Å²) in [6.45, 7) is 1.86. The fourth-order valence-corrected chi connectivity index (χ4v) is 5.62. The SMILES string of the molecule is CCOc1ccc(S(=O)(=O)N(CC(=O)N[C@H]2CCCc3ccccc32)c2ccc(F)cc2)cc1. The Kier molecular flexibility index (Phi) is 7.17. The summed E-state index contributed by atoms with van der Waals surface area (Å²) in [7, 11) is -4.10. The Bertz CT molecular complexity index is 1240. The van der Waals surface area contributed by atoms with Crippen LogP contribution in [-0.2, 0) is 21.2 Å². The molecule has 0 bridgehead atoms. The molecule has 0 unspecified atom stereocenters. The number of carbonyl (C=O) groups is 1. The minimum atomic E-state index is -4.10. The first-order valence-corrected chi connectivity index (χ1v) is 12.7. The second-order valence-electron chi connectivity index (χ2n) is 8.10. The van der Waals surface area contributed by atoms with Crippen LogP contribution in [0.4, 0.5) is 10.1 Å². The van der Waals surface area contributed by atoms with Gasteiger partial charge in [0.05, 0.1) is 23.2 Å². The molecule has 3 aromatic carbocycles. The number of ether oxygens (including phenoxy) is 1. The number of sulfonamides is 1. The lowest BCUT2D eigenvalue weighted by atomic mass is 9.88. The predicted octanol–water partition coefficient (Wildman–Crippen LogP) is 4.61. The average molecular weight is 483 g/mol. The van der Waals surface area contributed by atoms with Crippen molar-refractivity contribution in [2.45, 2.75) is 37.1 Å². The average Bonchev–Trinajstić information content (AvgIpc) is 2.84. The highest BCUT2D eigenvalue weighted by atomic mass is 32.2. The molecule has 178 valence electrons. The topological polar surface area (TPSA) is 75.7 Å². The Labute approximate surface area is 199 Å². The van der Waals surface area contributed by atoms with Crippen molar-refractivity contribution < 1.29 is 22.3 Å². The molecule has 0 aromatic heterocycles. The van der Waals surface area contributed by atoms with Gasteiger partial charge in [0, 0.05) is 0 Å². The van der Waals surface area contributed by atoms with Gasteiger partial charge in [0.15, 0.2) is 0 Å². The first-order chi connectivity index (χ1) is 16.4. The van der Waals surface area contributed by atoms with Crippen molar-refractivity contribution in [3.05, 3.63) is 89.7 Å². The number of rotatable bonds is 8. The zero-order valence-electron chi connectivity index (χ0n) is 18.9. The number of carbonyl (C=O) groups excluding carboxylic acids is 1. The van der Waals surface area contributed by atoms with Crippen molar-refractivity contribution in [2.24, 2.45) is 0 Å². The molecule has 34 heavy (non-hydrogen) atoms. The lowest BCUT2D eigenvalue weighted by Gasteiger charge is -2.28. The van der Waals surface area contributed by atoms with E-state index in [0.717, 1.165) is 29.1 Å². The molecular weight excluding hydrogens is 455 g/mol. The van der Waals surface area contributed by atoms with E-state index < -0.39 is 28.3 Å². The van der Waals surface area contributed by atoms with Crippen LogP contribution in [-0.4, -0.2) is 27.5 Å². The number of nitrogens with zero attached hydrogens (tertiary/aromatic N) is 1. The van der Waals surface area contributed by atoms with Crippen LogP contribution in [0.3, 0.4) is 0 Å². The van der Waals surface area contributed by atoms with E-state index in [0.29, 0.717) is 12.4 Å². The second kappa shape index (κ2) is 10.3. The molecule has 1 aliphatic rings. The quantitative estimate of drug-likeness (QED) is 0.509. The van der Waals surface area contributed by atoms with Crippen LogP contribution in [0.15, 0.2) is 77.7 Å². The van der Waals surface area contributed by atoms with E-state index in [2.05, 4.69) is 11.4 Å². The minimum absolute atomic E-state index is 0.0103. The minimum Gasteiger partial charge on any atom is -0.494 e. The maximum atomic E-state index is 13.5. The van der Waals surface area contributed by atoms with Crippen LogP contribution < -0.4 is 14.4 Å². The summed E-state index contributed by atoms with van der Waals surface area (Å²) in [5, 5.41) is 3.00. The molecule has 6 nitrogen and oxygen atoms in total. The zero-order chi connectivity index (χ0) is 24.1. The van der Waals surface area contributed by atoms with Gasteiger partial charge in [-0.1, -0.05) is 24.3 Å². The fourth-order valence-electron chi connectivity index (χ4n) is 4.20. The molecule has 8 heteroatoms. The first-order valence-electron chi connectivity index (χ1n) is 11.3. The number of anilines is 1. The summed E-state index contributed by atoms with van der Waals surface area (Å²) in [6.07, 6.45) is 2.68. The Morgan fingerprint density at radius 2 is 1.76 bits per heavy atom. The lowest BCUT2D eigenvalue weighted by Crippen LogP contribution is -2.42. The molecule has 3 aromatic rings. The van der Waals surface area contributed by atoms with E-state index in [1.807, 2.05) is 25.1 Å². The third-order valence-corrected chi connectivity index (χ3v) is 7.62. The maximum absolute atomic E-state index is 13.5. The van der Waals surface area contributed by atoms with Crippen molar-refractivity contribution in [3.8, 4) is 5.75 Å². The molecule has 0 heterocycles. The number of benzene rings is 3. The Hall–Kier alpha value is -3.39. The standard InChI is InChI=1S/C26H27FN2O4S/c1-2-33-22-14-16-23(17-15-22)34(31,32)29(21-12-10-20(27)11-13-21)18-26(30)28-25-9-5-7-19-6-3-4-8-24(19)25/h3-4,6,8,10-17,25H,2,5,7,9,18H2,1H3,(H,28,30)/t25-/m0/s1. The van der Waals surface area contributed by atoms with Gasteiger partial charge in [0.25, 0.3) is 10.0 Å². The molecule has 4 rings (SSSR count). The van der Waals surface area contributed by atoms with Crippen molar-refractivity contribution in [2.75, 3.05) is 17.5 Å². The number of fused-ring (bicyclic) bond motifs is 1. The Balaban J connectivity index is 1.60. The van der Waals surface area contributed by atoms with Gasteiger partial charge >= 0.3 is 0 Å². The summed E-state index contributed by atoms with van der Waals surface area (Å²) in [5.74, 6) is -0.380. The fraction of sp³-hybridized carbons (Fsp3) is 0.269. The van der Waals surface area contributed by atoms with Gasteiger partial charge in [0.1, 0.15) is 18.1 Å². The predicted molar refractivity (Wildman–Crippen MR) is 129 cm³/mol. The van der Waals surface area contributed by atoms with Crippen LogP contribution in [0.25, 0.3) is 0 Å². The van der Waals surface area contributed by atoms with Crippen molar-refractivity contribution in [3.63, 3.8) is 0 Å². The first kappa shape index (κ1) is 23.8. The molecule has 0 radical (unpaired) electrons. The van der Waals surface area contributed by atoms with E-state index in [1.54, 1.807) is 12.1 Å². The molecule has 0 saturated heterocycles. The number of amides is 1. The van der Waals surface area contributed by atoms with Gasteiger partial charge in [-0.2, -0.15) is 0 Å². The Morgan fingerprint density at radius 1 is 1.06 bits per heavy atom. The largest absolute Gasteiger partial charge is 0.494 e. The number of aryl methyl sites for hydroxylation is 1. The molecule has 1 atom stereocenters. The molecule has 0 spiro atoms. The normalized spacial score (nSPS) is 15.3. The highest BCUT2D eigenvalue weighted by molar-refractivity contribution is 7.92. The smallest absolute Gasteiger partial charge is 0.264 e. The Morgan fingerprint density at radius 3 is 2.47 bits per heavy atom. The molecule has 0 fully saturated rings. The highest BCUT2D eigenvalue weighted by Crippen LogP contribution is 2.30. The summed E-state index contributed by atoms with van der Waals surface area (Å²) in [5.41, 5.74) is 2.45. The van der Waals surface area contributed by atoms with Gasteiger partial charge in [-0.15, -0.1) is 0 Å². The lowest BCUT2D eigenvalue weighted by molar-refractivity contribution is -0.120. The highest BCUT2D eigenvalue weighted by Gasteiger charge is 2.29. The van der Waals surface area contributed by atoms with E-state index >= 15 is 0 Å². The summed E-state index contributed by atoms with van der Waals surface area (Å²) >= 11 is 0. The third kappa shape index (κ3) is 5.22.